The molecule has 1 rings (SSSR count). The predicted octanol–water partition coefficient (Wildman–Crippen LogP) is 4.98. The maximum absolute atomic E-state index is 13.3. The topological polar surface area (TPSA) is 17.1 Å². The Morgan fingerprint density at radius 1 is 1.26 bits per heavy atom. The summed E-state index contributed by atoms with van der Waals surface area (Å²) in [6.45, 7) is 6.41. The molecule has 0 bridgehead atoms. The van der Waals surface area contributed by atoms with E-state index in [0.717, 1.165) is 24.8 Å². The van der Waals surface area contributed by atoms with Gasteiger partial charge in [0.15, 0.2) is 5.78 Å². The molecule has 0 fully saturated rings. The number of carbonyl (C=O) groups is 1. The first-order valence-corrected chi connectivity index (χ1v) is 6.71. The van der Waals surface area contributed by atoms with Gasteiger partial charge in [-0.2, -0.15) is 13.2 Å². The molecule has 0 aromatic heterocycles. The number of Topliss-reactive ketones (excluding diaryl/α,β-unsaturated/α-hetero) is 1. The zero-order chi connectivity index (χ0) is 14.8. The highest BCUT2D eigenvalue weighted by Crippen LogP contribution is 2.44. The van der Waals surface area contributed by atoms with Crippen LogP contribution < -0.4 is 0 Å². The number of rotatable bonds is 4. The SMILES string of the molecule is CCC(C)C1=C(/C(=C(/C)C(C)=O)C(F)(F)F)CCC1. The molecule has 19 heavy (non-hydrogen) atoms. The molecule has 0 saturated heterocycles. The summed E-state index contributed by atoms with van der Waals surface area (Å²) in [5.41, 5.74) is 0.406. The van der Waals surface area contributed by atoms with Gasteiger partial charge in [0.25, 0.3) is 0 Å². The van der Waals surface area contributed by atoms with Gasteiger partial charge in [-0.25, -0.2) is 0 Å². The van der Waals surface area contributed by atoms with Crippen LogP contribution in [0.25, 0.3) is 0 Å². The molecule has 0 amide bonds. The fraction of sp³-hybridized carbons (Fsp3) is 0.667. The number of hydrogen-bond acceptors (Lipinski definition) is 1. The smallest absolute Gasteiger partial charge is 0.295 e. The minimum atomic E-state index is -4.45. The van der Waals surface area contributed by atoms with E-state index >= 15 is 0 Å². The number of ketones is 1. The van der Waals surface area contributed by atoms with Crippen molar-refractivity contribution >= 4 is 5.78 Å². The van der Waals surface area contributed by atoms with Crippen molar-refractivity contribution in [1.82, 2.24) is 0 Å². The van der Waals surface area contributed by atoms with Gasteiger partial charge in [-0.15, -0.1) is 0 Å². The monoisotopic (exact) mass is 274 g/mol. The van der Waals surface area contributed by atoms with Crippen molar-refractivity contribution in [1.29, 1.82) is 0 Å². The van der Waals surface area contributed by atoms with Gasteiger partial charge in [-0.1, -0.05) is 19.4 Å². The van der Waals surface area contributed by atoms with Crippen molar-refractivity contribution in [2.75, 3.05) is 0 Å². The summed E-state index contributed by atoms with van der Waals surface area (Å²) < 4.78 is 39.8. The van der Waals surface area contributed by atoms with Gasteiger partial charge in [0.2, 0.25) is 0 Å². The molecule has 0 aliphatic heterocycles. The largest absolute Gasteiger partial charge is 0.417 e. The van der Waals surface area contributed by atoms with E-state index in [2.05, 4.69) is 0 Å². The Labute approximate surface area is 112 Å². The van der Waals surface area contributed by atoms with Crippen LogP contribution in [-0.4, -0.2) is 12.0 Å². The molecule has 1 unspecified atom stereocenters. The predicted molar refractivity (Wildman–Crippen MR) is 69.8 cm³/mol. The highest BCUT2D eigenvalue weighted by atomic mass is 19.4. The van der Waals surface area contributed by atoms with Gasteiger partial charge in [-0.05, 0) is 51.0 Å². The molecule has 1 aliphatic carbocycles. The molecule has 0 spiro atoms. The van der Waals surface area contributed by atoms with Crippen molar-refractivity contribution in [2.45, 2.75) is 59.6 Å². The first-order valence-electron chi connectivity index (χ1n) is 6.71. The first kappa shape index (κ1) is 16.0. The van der Waals surface area contributed by atoms with Crippen LogP contribution in [0.4, 0.5) is 13.2 Å². The maximum Gasteiger partial charge on any atom is 0.417 e. The third kappa shape index (κ3) is 3.48. The van der Waals surface area contributed by atoms with Gasteiger partial charge in [0, 0.05) is 5.57 Å². The molecular formula is C15H21F3O. The van der Waals surface area contributed by atoms with Crippen LogP contribution in [0.15, 0.2) is 22.3 Å². The van der Waals surface area contributed by atoms with Gasteiger partial charge in [0.05, 0.1) is 5.57 Å². The second-order valence-corrected chi connectivity index (χ2v) is 5.22. The number of allylic oxidation sites excluding steroid dienone is 4. The fourth-order valence-corrected chi connectivity index (χ4v) is 2.63. The van der Waals surface area contributed by atoms with Crippen LogP contribution in [0, 0.1) is 5.92 Å². The van der Waals surface area contributed by atoms with E-state index in [1.807, 2.05) is 13.8 Å². The summed E-state index contributed by atoms with van der Waals surface area (Å²) in [6.07, 6.45) is -1.73. The van der Waals surface area contributed by atoms with Crippen molar-refractivity contribution in [2.24, 2.45) is 5.92 Å². The fourth-order valence-electron chi connectivity index (χ4n) is 2.63. The van der Waals surface area contributed by atoms with Crippen LogP contribution in [-0.2, 0) is 4.79 Å². The highest BCUT2D eigenvalue weighted by Gasteiger charge is 2.40. The van der Waals surface area contributed by atoms with Crippen LogP contribution in [0.1, 0.15) is 53.4 Å². The molecule has 4 heteroatoms. The molecule has 0 aromatic carbocycles. The summed E-state index contributed by atoms with van der Waals surface area (Å²) in [7, 11) is 0. The average molecular weight is 274 g/mol. The highest BCUT2D eigenvalue weighted by molar-refractivity contribution is 5.94. The Balaban J connectivity index is 3.42. The molecule has 0 aromatic rings. The summed E-state index contributed by atoms with van der Waals surface area (Å²) >= 11 is 0. The minimum absolute atomic E-state index is 0.148. The lowest BCUT2D eigenvalue weighted by Gasteiger charge is -2.20. The molecule has 1 aliphatic rings. The molecule has 0 saturated carbocycles. The van der Waals surface area contributed by atoms with Crippen LogP contribution in [0.3, 0.4) is 0 Å². The van der Waals surface area contributed by atoms with E-state index in [1.165, 1.54) is 13.8 Å². The summed E-state index contributed by atoms with van der Waals surface area (Å²) in [5, 5.41) is 0. The second kappa shape index (κ2) is 5.93. The molecule has 0 radical (unpaired) electrons. The van der Waals surface area contributed by atoms with Gasteiger partial charge in [0.1, 0.15) is 0 Å². The molecule has 0 N–H and O–H groups in total. The third-order valence-corrected chi connectivity index (χ3v) is 3.96. The Morgan fingerprint density at radius 3 is 2.26 bits per heavy atom. The van der Waals surface area contributed by atoms with E-state index in [1.54, 1.807) is 0 Å². The van der Waals surface area contributed by atoms with E-state index in [9.17, 15) is 18.0 Å². The second-order valence-electron chi connectivity index (χ2n) is 5.22. The Bertz CT molecular complexity index is 427. The van der Waals surface area contributed by atoms with E-state index < -0.39 is 17.5 Å². The van der Waals surface area contributed by atoms with Crippen molar-refractivity contribution in [3.8, 4) is 0 Å². The summed E-state index contributed by atoms with van der Waals surface area (Å²) in [6, 6.07) is 0. The van der Waals surface area contributed by atoms with Crippen molar-refractivity contribution < 1.29 is 18.0 Å². The lowest BCUT2D eigenvalue weighted by Crippen LogP contribution is -2.19. The number of carbonyl (C=O) groups excluding carboxylic acids is 1. The Kier molecular flexibility index (Phi) is 4.99. The van der Waals surface area contributed by atoms with E-state index in [-0.39, 0.29) is 11.5 Å². The van der Waals surface area contributed by atoms with Crippen LogP contribution >= 0.6 is 0 Å². The van der Waals surface area contributed by atoms with E-state index in [4.69, 9.17) is 0 Å². The van der Waals surface area contributed by atoms with Crippen molar-refractivity contribution in [3.63, 3.8) is 0 Å². The molecule has 1 atom stereocenters. The van der Waals surface area contributed by atoms with Crippen LogP contribution in [0.5, 0.6) is 0 Å². The van der Waals surface area contributed by atoms with Gasteiger partial charge >= 0.3 is 6.18 Å². The third-order valence-electron chi connectivity index (χ3n) is 3.96. The van der Waals surface area contributed by atoms with E-state index in [0.29, 0.717) is 12.0 Å². The first-order chi connectivity index (χ1) is 8.70. The normalized spacial score (nSPS) is 19.5. The molecular weight excluding hydrogens is 253 g/mol. The standard InChI is InChI=1S/C15H21F3O/c1-5-9(2)12-7-6-8-13(12)14(15(16,17)18)10(3)11(4)19/h9H,5-8H2,1-4H3/b14-10+. The minimum Gasteiger partial charge on any atom is -0.295 e. The lowest BCUT2D eigenvalue weighted by atomic mass is 9.89. The quantitative estimate of drug-likeness (QED) is 0.661. The summed E-state index contributed by atoms with van der Waals surface area (Å²) in [5.74, 6) is -0.357. The molecule has 108 valence electrons. The van der Waals surface area contributed by atoms with Crippen LogP contribution in [0.2, 0.25) is 0 Å². The van der Waals surface area contributed by atoms with Gasteiger partial charge < -0.3 is 0 Å². The number of halogens is 3. The zero-order valence-corrected chi connectivity index (χ0v) is 11.9. The van der Waals surface area contributed by atoms with Crippen molar-refractivity contribution in [3.05, 3.63) is 22.3 Å². The average Bonchev–Trinajstić information content (AvgIpc) is 2.74. The summed E-state index contributed by atoms with van der Waals surface area (Å²) in [4.78, 5) is 11.4. The number of alkyl halides is 3. The maximum atomic E-state index is 13.3. The lowest BCUT2D eigenvalue weighted by molar-refractivity contribution is -0.115. The number of hydrogen-bond donors (Lipinski definition) is 0. The molecule has 0 heterocycles. The van der Waals surface area contributed by atoms with Gasteiger partial charge in [-0.3, -0.25) is 4.79 Å². The molecule has 1 nitrogen and oxygen atoms in total. The Morgan fingerprint density at radius 2 is 1.84 bits per heavy atom. The zero-order valence-electron chi connectivity index (χ0n) is 11.9. The Hall–Kier alpha value is -1.06.